The zero-order valence-corrected chi connectivity index (χ0v) is 16.7. The van der Waals surface area contributed by atoms with Crippen molar-refractivity contribution in [3.63, 3.8) is 0 Å². The molecule has 1 N–H and O–H groups in total. The number of piperidine rings is 1. The molecule has 1 saturated heterocycles. The van der Waals surface area contributed by atoms with Gasteiger partial charge in [-0.05, 0) is 47.4 Å². The Hall–Kier alpha value is -2.14. The van der Waals surface area contributed by atoms with Crippen LogP contribution < -0.4 is 4.74 Å². The predicted molar refractivity (Wildman–Crippen MR) is 103 cm³/mol. The lowest BCUT2D eigenvalue weighted by atomic mass is 10.1. The largest absolute Gasteiger partial charge is 0.496 e. The van der Waals surface area contributed by atoms with E-state index in [1.807, 2.05) is 24.3 Å². The van der Waals surface area contributed by atoms with Gasteiger partial charge in [0.25, 0.3) is 0 Å². The summed E-state index contributed by atoms with van der Waals surface area (Å²) in [6.07, 6.45) is 0.377. The quantitative estimate of drug-likeness (QED) is 0.670. The summed E-state index contributed by atoms with van der Waals surface area (Å²) in [6, 6.07) is 10.8. The molecule has 2 aromatic carbocycles. The molecule has 0 bridgehead atoms. The van der Waals surface area contributed by atoms with E-state index in [4.69, 9.17) is 9.37 Å². The van der Waals surface area contributed by atoms with Gasteiger partial charge in [-0.2, -0.15) is 4.31 Å². The number of nitrogens with zero attached hydrogens (tertiary/aromatic N) is 3. The van der Waals surface area contributed by atoms with Gasteiger partial charge in [-0.1, -0.05) is 23.9 Å². The molecule has 8 nitrogen and oxygen atoms in total. The molecule has 0 spiro atoms. The second-order valence-corrected chi connectivity index (χ2v) is 9.40. The molecular weight excluding hydrogens is 402 g/mol. The van der Waals surface area contributed by atoms with Crippen LogP contribution in [0.3, 0.4) is 0 Å². The molecule has 1 aromatic heterocycles. The number of rotatable bonds is 5. The monoisotopic (exact) mass is 421 g/mol. The molecular formula is C18H19N3O5S2. The average Bonchev–Trinajstić information content (AvgIpc) is 3.19. The van der Waals surface area contributed by atoms with Gasteiger partial charge in [0.1, 0.15) is 10.6 Å². The smallest absolute Gasteiger partial charge is 0.245 e. The summed E-state index contributed by atoms with van der Waals surface area (Å²) >= 11 is 1.40. The SMILES string of the molecule is COc1ccccc1Sc1ccc(S(=O)(=O)N2CCC(O)CC2)c2nonc12. The summed E-state index contributed by atoms with van der Waals surface area (Å²) in [7, 11) is -2.16. The molecule has 0 atom stereocenters. The maximum absolute atomic E-state index is 13.1. The van der Waals surface area contributed by atoms with Crippen molar-refractivity contribution in [2.24, 2.45) is 0 Å². The molecule has 148 valence electrons. The highest BCUT2D eigenvalue weighted by Crippen LogP contribution is 2.39. The minimum Gasteiger partial charge on any atom is -0.496 e. The highest BCUT2D eigenvalue weighted by molar-refractivity contribution is 7.99. The normalized spacial score (nSPS) is 16.5. The molecule has 4 rings (SSSR count). The molecule has 3 aromatic rings. The lowest BCUT2D eigenvalue weighted by molar-refractivity contribution is 0.113. The second-order valence-electron chi connectivity index (χ2n) is 6.41. The van der Waals surface area contributed by atoms with Crippen LogP contribution in [0.25, 0.3) is 11.0 Å². The fourth-order valence-corrected chi connectivity index (χ4v) is 5.75. The first kappa shape index (κ1) is 19.2. The van der Waals surface area contributed by atoms with Gasteiger partial charge < -0.3 is 9.84 Å². The van der Waals surface area contributed by atoms with Crippen molar-refractivity contribution < 1.29 is 22.9 Å². The third-order valence-corrected chi connectivity index (χ3v) is 7.71. The summed E-state index contributed by atoms with van der Waals surface area (Å²) in [5.41, 5.74) is 0.583. The molecule has 1 fully saturated rings. The zero-order chi connectivity index (χ0) is 19.7. The molecule has 0 radical (unpaired) electrons. The first-order chi connectivity index (χ1) is 13.5. The first-order valence-corrected chi connectivity index (χ1v) is 11.0. The van der Waals surface area contributed by atoms with E-state index in [2.05, 4.69) is 10.3 Å². The van der Waals surface area contributed by atoms with Gasteiger partial charge in [0, 0.05) is 18.0 Å². The van der Waals surface area contributed by atoms with E-state index in [0.717, 1.165) is 4.90 Å². The van der Waals surface area contributed by atoms with Gasteiger partial charge in [0.15, 0.2) is 11.0 Å². The molecule has 10 heteroatoms. The number of sulfonamides is 1. The Bertz CT molecular complexity index is 1090. The van der Waals surface area contributed by atoms with E-state index < -0.39 is 16.1 Å². The van der Waals surface area contributed by atoms with Gasteiger partial charge >= 0.3 is 0 Å². The molecule has 0 amide bonds. The minimum absolute atomic E-state index is 0.0597. The minimum atomic E-state index is -3.76. The average molecular weight is 422 g/mol. The number of benzene rings is 2. The third-order valence-electron chi connectivity index (χ3n) is 4.67. The maximum Gasteiger partial charge on any atom is 0.245 e. The van der Waals surface area contributed by atoms with Crippen molar-refractivity contribution in [2.75, 3.05) is 20.2 Å². The lowest BCUT2D eigenvalue weighted by Crippen LogP contribution is -2.40. The van der Waals surface area contributed by atoms with Gasteiger partial charge in [-0.25, -0.2) is 13.0 Å². The maximum atomic E-state index is 13.1. The van der Waals surface area contributed by atoms with Crippen LogP contribution in [0.5, 0.6) is 5.75 Å². The number of aliphatic hydroxyl groups is 1. The number of methoxy groups -OCH3 is 1. The van der Waals surface area contributed by atoms with Crippen LogP contribution in [-0.4, -0.2) is 54.4 Å². The number of hydrogen-bond donors (Lipinski definition) is 1. The second kappa shape index (κ2) is 7.70. The summed E-state index contributed by atoms with van der Waals surface area (Å²) < 4.78 is 37.8. The van der Waals surface area contributed by atoms with Crippen LogP contribution in [0, 0.1) is 0 Å². The van der Waals surface area contributed by atoms with Crippen LogP contribution in [0.1, 0.15) is 12.8 Å². The number of fused-ring (bicyclic) bond motifs is 1. The molecule has 0 aliphatic carbocycles. The fraction of sp³-hybridized carbons (Fsp3) is 0.333. The molecule has 0 saturated carbocycles. The Labute approximate surface area is 166 Å². The molecule has 1 aliphatic rings. The molecule has 2 heterocycles. The standard InChI is InChI=1S/C18H19N3O5S2/c1-25-13-4-2-3-5-14(13)27-15-6-7-16(18-17(15)19-26-20-18)28(23,24)21-10-8-12(22)9-11-21/h2-7,12,22H,8-11H2,1H3. The van der Waals surface area contributed by atoms with Crippen LogP contribution in [0.15, 0.2) is 55.7 Å². The Balaban J connectivity index is 1.72. The highest BCUT2D eigenvalue weighted by Gasteiger charge is 2.32. The highest BCUT2D eigenvalue weighted by atomic mass is 32.2. The van der Waals surface area contributed by atoms with Crippen molar-refractivity contribution >= 4 is 32.8 Å². The molecule has 0 unspecified atom stereocenters. The van der Waals surface area contributed by atoms with E-state index in [1.54, 1.807) is 13.2 Å². The Morgan fingerprint density at radius 3 is 2.57 bits per heavy atom. The Kier molecular flexibility index (Phi) is 5.28. The third kappa shape index (κ3) is 3.48. The van der Waals surface area contributed by atoms with Crippen LogP contribution in [0.2, 0.25) is 0 Å². The van der Waals surface area contributed by atoms with E-state index in [0.29, 0.717) is 29.0 Å². The molecule has 28 heavy (non-hydrogen) atoms. The van der Waals surface area contributed by atoms with Gasteiger partial charge in [0.05, 0.1) is 18.1 Å². The summed E-state index contributed by atoms with van der Waals surface area (Å²) in [4.78, 5) is 1.65. The first-order valence-electron chi connectivity index (χ1n) is 8.75. The van der Waals surface area contributed by atoms with Crippen molar-refractivity contribution in [2.45, 2.75) is 33.6 Å². The fourth-order valence-electron chi connectivity index (χ4n) is 3.15. The van der Waals surface area contributed by atoms with E-state index >= 15 is 0 Å². The van der Waals surface area contributed by atoms with Crippen molar-refractivity contribution in [3.8, 4) is 5.75 Å². The predicted octanol–water partition coefficient (Wildman–Crippen LogP) is 2.53. The van der Waals surface area contributed by atoms with Crippen molar-refractivity contribution in [3.05, 3.63) is 36.4 Å². The van der Waals surface area contributed by atoms with Gasteiger partial charge in [-0.15, -0.1) is 0 Å². The summed E-state index contributed by atoms with van der Waals surface area (Å²) in [5, 5.41) is 17.4. The zero-order valence-electron chi connectivity index (χ0n) is 15.1. The van der Waals surface area contributed by atoms with Crippen LogP contribution in [0.4, 0.5) is 0 Å². The van der Waals surface area contributed by atoms with Gasteiger partial charge in [0.2, 0.25) is 10.0 Å². The number of aromatic nitrogens is 2. The van der Waals surface area contributed by atoms with E-state index in [-0.39, 0.29) is 23.5 Å². The summed E-state index contributed by atoms with van der Waals surface area (Å²) in [6.45, 7) is 0.544. The Morgan fingerprint density at radius 1 is 1.11 bits per heavy atom. The Morgan fingerprint density at radius 2 is 1.82 bits per heavy atom. The van der Waals surface area contributed by atoms with E-state index in [1.165, 1.54) is 22.1 Å². The van der Waals surface area contributed by atoms with Crippen LogP contribution >= 0.6 is 11.8 Å². The van der Waals surface area contributed by atoms with E-state index in [9.17, 15) is 13.5 Å². The lowest BCUT2D eigenvalue weighted by Gasteiger charge is -2.28. The number of hydrogen-bond acceptors (Lipinski definition) is 8. The van der Waals surface area contributed by atoms with Gasteiger partial charge in [-0.3, -0.25) is 0 Å². The number of ether oxygens (including phenoxy) is 1. The number of para-hydroxylation sites is 1. The molecule has 1 aliphatic heterocycles. The van der Waals surface area contributed by atoms with Crippen molar-refractivity contribution in [1.29, 1.82) is 0 Å². The summed E-state index contributed by atoms with van der Waals surface area (Å²) in [5.74, 6) is 0.709. The topological polar surface area (TPSA) is 106 Å². The van der Waals surface area contributed by atoms with Crippen LogP contribution in [-0.2, 0) is 10.0 Å². The number of aliphatic hydroxyl groups excluding tert-OH is 1. The van der Waals surface area contributed by atoms with Crippen molar-refractivity contribution in [1.82, 2.24) is 14.6 Å².